The number of hydrogen-bond donors (Lipinski definition) is 5. The SMILES string of the molecule is CCC(C)(NC(=O)COCCOCCNC(=O)COCCOCCNC(C)=O)C(C)NC(=O)CC(C)(C)CC(C)(C)S. The smallest absolute Gasteiger partial charge is 0.246 e. The van der Waals surface area contributed by atoms with E-state index in [1.165, 1.54) is 6.92 Å². The van der Waals surface area contributed by atoms with E-state index in [9.17, 15) is 19.2 Å². The zero-order valence-electron chi connectivity index (χ0n) is 27.0. The minimum atomic E-state index is -0.637. The maximum Gasteiger partial charge on any atom is 0.246 e. The summed E-state index contributed by atoms with van der Waals surface area (Å²) in [6.45, 7) is 17.7. The van der Waals surface area contributed by atoms with Crippen LogP contribution in [0.5, 0.6) is 0 Å². The lowest BCUT2D eigenvalue weighted by Crippen LogP contribution is -2.59. The summed E-state index contributed by atoms with van der Waals surface area (Å²) in [5.74, 6) is -0.709. The van der Waals surface area contributed by atoms with Gasteiger partial charge in [-0.2, -0.15) is 12.6 Å². The van der Waals surface area contributed by atoms with Gasteiger partial charge in [-0.1, -0.05) is 34.6 Å². The molecule has 0 saturated heterocycles. The van der Waals surface area contributed by atoms with Crippen LogP contribution >= 0.6 is 12.6 Å². The van der Waals surface area contributed by atoms with E-state index in [1.54, 1.807) is 0 Å². The van der Waals surface area contributed by atoms with Gasteiger partial charge < -0.3 is 40.2 Å². The molecule has 0 aromatic heterocycles. The zero-order valence-corrected chi connectivity index (χ0v) is 27.9. The summed E-state index contributed by atoms with van der Waals surface area (Å²) >= 11 is 4.60. The third-order valence-corrected chi connectivity index (χ3v) is 6.60. The van der Waals surface area contributed by atoms with Crippen molar-refractivity contribution in [2.24, 2.45) is 5.41 Å². The van der Waals surface area contributed by atoms with Gasteiger partial charge in [0.1, 0.15) is 13.2 Å². The fraction of sp³-hybridized carbons (Fsp3) is 0.862. The zero-order chi connectivity index (χ0) is 32.2. The van der Waals surface area contributed by atoms with Crippen LogP contribution in [0.3, 0.4) is 0 Å². The van der Waals surface area contributed by atoms with E-state index in [0.29, 0.717) is 45.8 Å². The van der Waals surface area contributed by atoms with Gasteiger partial charge in [0.05, 0.1) is 45.2 Å². The van der Waals surface area contributed by atoms with Crippen LogP contribution in [-0.2, 0) is 38.1 Å². The van der Waals surface area contributed by atoms with Crippen molar-refractivity contribution in [1.82, 2.24) is 21.3 Å². The van der Waals surface area contributed by atoms with E-state index in [0.717, 1.165) is 6.42 Å². The maximum absolute atomic E-state index is 12.7. The highest BCUT2D eigenvalue weighted by atomic mass is 32.1. The highest BCUT2D eigenvalue weighted by Crippen LogP contribution is 2.34. The molecule has 0 heterocycles. The molecule has 2 atom stereocenters. The molecule has 0 fully saturated rings. The van der Waals surface area contributed by atoms with E-state index >= 15 is 0 Å². The molecule has 42 heavy (non-hydrogen) atoms. The van der Waals surface area contributed by atoms with Gasteiger partial charge in [0, 0.05) is 37.2 Å². The first-order chi connectivity index (χ1) is 19.5. The van der Waals surface area contributed by atoms with Crippen molar-refractivity contribution in [2.75, 3.05) is 65.9 Å². The molecule has 13 heteroatoms. The lowest BCUT2D eigenvalue weighted by atomic mass is 9.80. The third-order valence-electron chi connectivity index (χ3n) is 6.44. The first kappa shape index (κ1) is 40.1. The lowest BCUT2D eigenvalue weighted by Gasteiger charge is -2.37. The highest BCUT2D eigenvalue weighted by molar-refractivity contribution is 7.81. The van der Waals surface area contributed by atoms with Crippen LogP contribution in [0.4, 0.5) is 0 Å². The summed E-state index contributed by atoms with van der Waals surface area (Å²) in [6, 6.07) is -0.280. The normalized spacial score (nSPS) is 14.0. The average molecular weight is 621 g/mol. The van der Waals surface area contributed by atoms with E-state index in [-0.39, 0.29) is 72.9 Å². The molecule has 0 aromatic rings. The predicted octanol–water partition coefficient (Wildman–Crippen LogP) is 1.61. The molecule has 0 bridgehead atoms. The maximum atomic E-state index is 12.7. The topological polar surface area (TPSA) is 153 Å². The summed E-state index contributed by atoms with van der Waals surface area (Å²) in [5.41, 5.74) is -0.841. The Hall–Kier alpha value is -1.93. The molecule has 246 valence electrons. The Balaban J connectivity index is 4.04. The summed E-state index contributed by atoms with van der Waals surface area (Å²) in [5, 5.41) is 11.3. The molecule has 2 unspecified atom stereocenters. The Morgan fingerprint density at radius 1 is 0.738 bits per heavy atom. The number of thiol groups is 1. The molecular weight excluding hydrogens is 564 g/mol. The first-order valence-corrected chi connectivity index (χ1v) is 15.1. The largest absolute Gasteiger partial charge is 0.377 e. The Bertz CT molecular complexity index is 822. The number of rotatable bonds is 24. The standard InChI is InChI=1S/C29H56N4O8S/c1-9-29(8,22(2)32-24(35)18-27(4,5)21-28(6,7)42)33-26(37)20-41-17-15-39-13-11-31-25(36)19-40-16-14-38-12-10-30-23(3)34/h22,42H,9-21H2,1-8H3,(H,30,34)(H,31,36)(H,32,35)(H,33,37). The molecule has 12 nitrogen and oxygen atoms in total. The Morgan fingerprint density at radius 2 is 1.24 bits per heavy atom. The van der Waals surface area contributed by atoms with Crippen molar-refractivity contribution in [2.45, 2.75) is 91.0 Å². The molecular formula is C29H56N4O8S. The second-order valence-corrected chi connectivity index (χ2v) is 13.3. The molecule has 4 amide bonds. The van der Waals surface area contributed by atoms with E-state index in [2.05, 4.69) is 47.7 Å². The third kappa shape index (κ3) is 21.7. The van der Waals surface area contributed by atoms with Crippen molar-refractivity contribution in [1.29, 1.82) is 0 Å². The van der Waals surface area contributed by atoms with Crippen LogP contribution in [0.25, 0.3) is 0 Å². The molecule has 0 aromatic carbocycles. The van der Waals surface area contributed by atoms with Gasteiger partial charge in [0.15, 0.2) is 0 Å². The summed E-state index contributed by atoms with van der Waals surface area (Å²) in [6.07, 6.45) is 1.78. The molecule has 0 aliphatic rings. The van der Waals surface area contributed by atoms with Crippen LogP contribution in [0.15, 0.2) is 0 Å². The fourth-order valence-electron chi connectivity index (χ4n) is 4.36. The molecule has 0 spiro atoms. The second-order valence-electron chi connectivity index (χ2n) is 12.1. The number of ether oxygens (including phenoxy) is 4. The number of carbonyl (C=O) groups excluding carboxylic acids is 4. The molecule has 0 radical (unpaired) electrons. The van der Waals surface area contributed by atoms with Crippen molar-refractivity contribution in [3.63, 3.8) is 0 Å². The second kappa shape index (κ2) is 20.9. The predicted molar refractivity (Wildman–Crippen MR) is 165 cm³/mol. The van der Waals surface area contributed by atoms with Crippen molar-refractivity contribution < 1.29 is 38.1 Å². The van der Waals surface area contributed by atoms with Crippen molar-refractivity contribution >= 4 is 36.3 Å². The van der Waals surface area contributed by atoms with Gasteiger partial charge in [0.25, 0.3) is 0 Å². The van der Waals surface area contributed by atoms with Gasteiger partial charge in [0.2, 0.25) is 23.6 Å². The number of amides is 4. The summed E-state index contributed by atoms with van der Waals surface area (Å²) < 4.78 is 21.2. The van der Waals surface area contributed by atoms with Crippen LogP contribution < -0.4 is 21.3 Å². The van der Waals surface area contributed by atoms with Crippen LogP contribution in [0, 0.1) is 5.41 Å². The number of hydrogen-bond acceptors (Lipinski definition) is 9. The molecule has 4 N–H and O–H groups in total. The van der Waals surface area contributed by atoms with E-state index in [1.807, 2.05) is 34.6 Å². The van der Waals surface area contributed by atoms with Crippen LogP contribution in [0.1, 0.15) is 74.7 Å². The first-order valence-electron chi connectivity index (χ1n) is 14.6. The Kier molecular flexibility index (Phi) is 19.9. The molecule has 0 aliphatic carbocycles. The van der Waals surface area contributed by atoms with Gasteiger partial charge in [-0.3, -0.25) is 19.2 Å². The monoisotopic (exact) mass is 620 g/mol. The molecule has 0 aliphatic heterocycles. The van der Waals surface area contributed by atoms with Crippen molar-refractivity contribution in [3.05, 3.63) is 0 Å². The highest BCUT2D eigenvalue weighted by Gasteiger charge is 2.34. The minimum absolute atomic E-state index is 0.0580. The van der Waals surface area contributed by atoms with Crippen molar-refractivity contribution in [3.8, 4) is 0 Å². The lowest BCUT2D eigenvalue weighted by molar-refractivity contribution is -0.130. The van der Waals surface area contributed by atoms with Gasteiger partial charge in [-0.05, 0) is 32.1 Å². The van der Waals surface area contributed by atoms with E-state index < -0.39 is 5.54 Å². The van der Waals surface area contributed by atoms with Gasteiger partial charge in [-0.25, -0.2) is 0 Å². The molecule has 0 saturated carbocycles. The number of carbonyl (C=O) groups is 4. The summed E-state index contributed by atoms with van der Waals surface area (Å²) in [4.78, 5) is 47.7. The van der Waals surface area contributed by atoms with E-state index in [4.69, 9.17) is 18.9 Å². The average Bonchev–Trinajstić information content (AvgIpc) is 2.84. The Labute approximate surface area is 257 Å². The number of nitrogens with one attached hydrogen (secondary N) is 4. The Morgan fingerprint density at radius 3 is 1.74 bits per heavy atom. The quantitative estimate of drug-likeness (QED) is 0.0806. The minimum Gasteiger partial charge on any atom is -0.377 e. The van der Waals surface area contributed by atoms with Crippen LogP contribution in [-0.4, -0.2) is 106 Å². The van der Waals surface area contributed by atoms with Gasteiger partial charge >= 0.3 is 0 Å². The van der Waals surface area contributed by atoms with Gasteiger partial charge in [-0.15, -0.1) is 0 Å². The van der Waals surface area contributed by atoms with Crippen LogP contribution in [0.2, 0.25) is 0 Å². The molecule has 0 rings (SSSR count). The fourth-order valence-corrected chi connectivity index (χ4v) is 4.79. The summed E-state index contributed by atoms with van der Waals surface area (Å²) in [7, 11) is 0.